The predicted octanol–water partition coefficient (Wildman–Crippen LogP) is 1.48. The van der Waals surface area contributed by atoms with Crippen LogP contribution in [-0.2, 0) is 9.59 Å². The van der Waals surface area contributed by atoms with Crippen molar-refractivity contribution >= 4 is 35.2 Å². The number of likely N-dealkylation sites (N-methyl/N-ethyl adjacent to an activating group) is 1. The van der Waals surface area contributed by atoms with E-state index in [1.54, 1.807) is 37.5 Å². The van der Waals surface area contributed by atoms with E-state index in [-0.39, 0.29) is 16.6 Å². The maximum absolute atomic E-state index is 12.0. The van der Waals surface area contributed by atoms with Crippen molar-refractivity contribution in [3.05, 3.63) is 41.9 Å². The molecular formula is C13H12N2O3S. The molecule has 98 valence electrons. The fraction of sp³-hybridized carbons (Fsp3) is 0.154. The summed E-state index contributed by atoms with van der Waals surface area (Å²) in [5.41, 5.74) is 0.0539. The Morgan fingerprint density at radius 2 is 2.26 bits per heavy atom. The van der Waals surface area contributed by atoms with Crippen LogP contribution in [0.1, 0.15) is 12.7 Å². The molecule has 0 atom stereocenters. The standard InChI is InChI=1S/C13H12N2O3S/c1-2-15-12(17)10(11(16)14-13(15)19)7-3-5-9-6-4-8-18-9/h3-8H,2H2,1H3,(H,14,16,19). The highest BCUT2D eigenvalue weighted by atomic mass is 32.1. The van der Waals surface area contributed by atoms with Crippen LogP contribution in [0.4, 0.5) is 0 Å². The molecule has 0 aromatic carbocycles. The molecule has 2 heterocycles. The molecule has 1 N–H and O–H groups in total. The van der Waals surface area contributed by atoms with Crippen LogP contribution in [0.3, 0.4) is 0 Å². The highest BCUT2D eigenvalue weighted by Crippen LogP contribution is 2.10. The van der Waals surface area contributed by atoms with Gasteiger partial charge in [-0.3, -0.25) is 19.8 Å². The Labute approximate surface area is 115 Å². The molecule has 6 heteroatoms. The zero-order chi connectivity index (χ0) is 13.8. The van der Waals surface area contributed by atoms with Crippen LogP contribution in [0.25, 0.3) is 6.08 Å². The third-order valence-corrected chi connectivity index (χ3v) is 2.89. The van der Waals surface area contributed by atoms with Gasteiger partial charge in [0.05, 0.1) is 6.26 Å². The van der Waals surface area contributed by atoms with Crippen LogP contribution < -0.4 is 5.32 Å². The van der Waals surface area contributed by atoms with Gasteiger partial charge in [0.25, 0.3) is 11.8 Å². The lowest BCUT2D eigenvalue weighted by molar-refractivity contribution is -0.128. The lowest BCUT2D eigenvalue weighted by Gasteiger charge is -2.27. The summed E-state index contributed by atoms with van der Waals surface area (Å²) in [7, 11) is 0. The quantitative estimate of drug-likeness (QED) is 0.516. The number of carbonyl (C=O) groups is 2. The maximum Gasteiger partial charge on any atom is 0.265 e. The van der Waals surface area contributed by atoms with Crippen LogP contribution >= 0.6 is 12.2 Å². The number of carbonyl (C=O) groups excluding carboxylic acids is 2. The molecule has 0 unspecified atom stereocenters. The minimum atomic E-state index is -0.483. The Balaban J connectivity index is 2.20. The highest BCUT2D eigenvalue weighted by molar-refractivity contribution is 7.80. The Morgan fingerprint density at radius 3 is 2.89 bits per heavy atom. The number of hydrogen-bond acceptors (Lipinski definition) is 4. The summed E-state index contributed by atoms with van der Waals surface area (Å²) in [6.07, 6.45) is 6.25. The van der Waals surface area contributed by atoms with Gasteiger partial charge in [-0.2, -0.15) is 0 Å². The summed E-state index contributed by atoms with van der Waals surface area (Å²) < 4.78 is 5.10. The van der Waals surface area contributed by atoms with E-state index in [0.29, 0.717) is 12.3 Å². The molecule has 0 radical (unpaired) electrons. The third-order valence-electron chi connectivity index (χ3n) is 2.57. The summed E-state index contributed by atoms with van der Waals surface area (Å²) >= 11 is 4.92. The lowest BCUT2D eigenvalue weighted by atomic mass is 10.1. The number of thiocarbonyl (C=S) groups is 1. The monoisotopic (exact) mass is 276 g/mol. The largest absolute Gasteiger partial charge is 0.465 e. The first kappa shape index (κ1) is 13.2. The van der Waals surface area contributed by atoms with Crippen molar-refractivity contribution in [3.63, 3.8) is 0 Å². The molecule has 1 fully saturated rings. The number of furan rings is 1. The van der Waals surface area contributed by atoms with Gasteiger partial charge in [0, 0.05) is 6.54 Å². The van der Waals surface area contributed by atoms with Gasteiger partial charge in [0.2, 0.25) is 0 Å². The second-order valence-corrected chi connectivity index (χ2v) is 4.15. The summed E-state index contributed by atoms with van der Waals surface area (Å²) in [5, 5.41) is 2.62. The van der Waals surface area contributed by atoms with Gasteiger partial charge in [-0.15, -0.1) is 0 Å². The summed E-state index contributed by atoms with van der Waals surface area (Å²) in [5.74, 6) is -0.229. The molecule has 19 heavy (non-hydrogen) atoms. The normalized spacial score (nSPS) is 18.5. The van der Waals surface area contributed by atoms with E-state index >= 15 is 0 Å². The topological polar surface area (TPSA) is 62.6 Å². The minimum Gasteiger partial charge on any atom is -0.465 e. The Bertz CT molecular complexity index is 573. The second-order valence-electron chi connectivity index (χ2n) is 3.76. The number of nitrogens with zero attached hydrogens (tertiary/aromatic N) is 1. The number of hydrogen-bond donors (Lipinski definition) is 1. The molecular weight excluding hydrogens is 264 g/mol. The van der Waals surface area contributed by atoms with Crippen molar-refractivity contribution in [2.75, 3.05) is 6.54 Å². The van der Waals surface area contributed by atoms with E-state index in [9.17, 15) is 9.59 Å². The number of rotatable bonds is 3. The van der Waals surface area contributed by atoms with Crippen LogP contribution in [0.15, 0.2) is 40.5 Å². The first-order chi connectivity index (χ1) is 9.13. The molecule has 0 bridgehead atoms. The van der Waals surface area contributed by atoms with Crippen molar-refractivity contribution < 1.29 is 14.0 Å². The van der Waals surface area contributed by atoms with Gasteiger partial charge >= 0.3 is 0 Å². The molecule has 2 rings (SSSR count). The Hall–Kier alpha value is -2.21. The maximum atomic E-state index is 12.0. The van der Waals surface area contributed by atoms with E-state index in [0.717, 1.165) is 0 Å². The Kier molecular flexibility index (Phi) is 3.91. The van der Waals surface area contributed by atoms with Gasteiger partial charge in [0.1, 0.15) is 11.3 Å². The van der Waals surface area contributed by atoms with Crippen LogP contribution in [0, 0.1) is 0 Å². The lowest BCUT2D eigenvalue weighted by Crippen LogP contribution is -2.53. The molecule has 1 aromatic rings. The SMILES string of the molecule is CCN1C(=O)C(=CC=Cc2ccco2)C(=O)NC1=S. The molecule has 0 spiro atoms. The van der Waals surface area contributed by atoms with E-state index in [4.69, 9.17) is 16.6 Å². The number of allylic oxidation sites excluding steroid dienone is 2. The average Bonchev–Trinajstić information content (AvgIpc) is 2.86. The zero-order valence-electron chi connectivity index (χ0n) is 10.3. The minimum absolute atomic E-state index is 0.0539. The molecule has 1 aliphatic heterocycles. The summed E-state index contributed by atoms with van der Waals surface area (Å²) in [6, 6.07) is 3.52. The van der Waals surface area contributed by atoms with Gasteiger partial charge in [-0.25, -0.2) is 0 Å². The molecule has 5 nitrogen and oxygen atoms in total. The van der Waals surface area contributed by atoms with Gasteiger partial charge < -0.3 is 4.42 Å². The Morgan fingerprint density at radius 1 is 1.47 bits per heavy atom. The van der Waals surface area contributed by atoms with Crippen molar-refractivity contribution in [1.29, 1.82) is 0 Å². The van der Waals surface area contributed by atoms with Gasteiger partial charge in [-0.1, -0.05) is 6.08 Å². The fourth-order valence-corrected chi connectivity index (χ4v) is 1.93. The van der Waals surface area contributed by atoms with E-state index in [2.05, 4.69) is 5.32 Å². The van der Waals surface area contributed by atoms with E-state index in [1.165, 1.54) is 11.0 Å². The first-order valence-corrected chi connectivity index (χ1v) is 6.13. The molecule has 1 aliphatic rings. The molecule has 1 aromatic heterocycles. The number of nitrogens with one attached hydrogen (secondary N) is 1. The van der Waals surface area contributed by atoms with Crippen LogP contribution in [0.5, 0.6) is 0 Å². The van der Waals surface area contributed by atoms with Crippen LogP contribution in [-0.4, -0.2) is 28.4 Å². The van der Waals surface area contributed by atoms with Crippen molar-refractivity contribution in [3.8, 4) is 0 Å². The van der Waals surface area contributed by atoms with Crippen molar-refractivity contribution in [2.24, 2.45) is 0 Å². The highest BCUT2D eigenvalue weighted by Gasteiger charge is 2.31. The zero-order valence-corrected chi connectivity index (χ0v) is 11.1. The van der Waals surface area contributed by atoms with E-state index in [1.807, 2.05) is 0 Å². The second kappa shape index (κ2) is 5.62. The first-order valence-electron chi connectivity index (χ1n) is 5.72. The van der Waals surface area contributed by atoms with Crippen molar-refractivity contribution in [2.45, 2.75) is 6.92 Å². The van der Waals surface area contributed by atoms with Crippen molar-refractivity contribution in [1.82, 2.24) is 10.2 Å². The van der Waals surface area contributed by atoms with E-state index < -0.39 is 5.91 Å². The van der Waals surface area contributed by atoms with Gasteiger partial charge in [0.15, 0.2) is 5.11 Å². The summed E-state index contributed by atoms with van der Waals surface area (Å²) in [6.45, 7) is 2.20. The molecule has 0 aliphatic carbocycles. The third kappa shape index (κ3) is 2.79. The van der Waals surface area contributed by atoms with Crippen LogP contribution in [0.2, 0.25) is 0 Å². The molecule has 2 amide bonds. The smallest absolute Gasteiger partial charge is 0.265 e. The predicted molar refractivity (Wildman–Crippen MR) is 74.0 cm³/mol. The van der Waals surface area contributed by atoms with Gasteiger partial charge in [-0.05, 0) is 43.4 Å². The average molecular weight is 276 g/mol. The molecule has 1 saturated heterocycles. The number of amides is 2. The fourth-order valence-electron chi connectivity index (χ4n) is 1.63. The molecule has 0 saturated carbocycles. The summed E-state index contributed by atoms with van der Waals surface area (Å²) in [4.78, 5) is 25.1.